The van der Waals surface area contributed by atoms with Crippen LogP contribution in [0.2, 0.25) is 0 Å². The van der Waals surface area contributed by atoms with Crippen LogP contribution in [-0.2, 0) is 4.79 Å². The standard InChI is InChI=1S/C12H19F3N2O/c1-10(2)5-8(10)6-17-9(18)11(12(13,14)15)3-4-16-7-11/h8,16H,3-7H2,1-2H3,(H,17,18). The van der Waals surface area contributed by atoms with Gasteiger partial charge in [0.2, 0.25) is 5.91 Å². The van der Waals surface area contributed by atoms with E-state index < -0.39 is 17.5 Å². The van der Waals surface area contributed by atoms with Crippen LogP contribution in [-0.4, -0.2) is 31.7 Å². The van der Waals surface area contributed by atoms with Crippen LogP contribution in [0.5, 0.6) is 0 Å². The summed E-state index contributed by atoms with van der Waals surface area (Å²) in [6.45, 7) is 4.39. The molecule has 2 unspecified atom stereocenters. The first kappa shape index (κ1) is 13.6. The second-order valence-electron chi connectivity index (χ2n) is 6.11. The number of alkyl halides is 3. The van der Waals surface area contributed by atoms with Gasteiger partial charge in [0, 0.05) is 13.1 Å². The highest BCUT2D eigenvalue weighted by Crippen LogP contribution is 2.51. The Morgan fingerprint density at radius 3 is 2.44 bits per heavy atom. The lowest BCUT2D eigenvalue weighted by atomic mass is 9.85. The Morgan fingerprint density at radius 1 is 1.44 bits per heavy atom. The topological polar surface area (TPSA) is 41.1 Å². The molecule has 0 aromatic heterocycles. The molecule has 3 nitrogen and oxygen atoms in total. The molecular formula is C12H19F3N2O. The van der Waals surface area contributed by atoms with Crippen molar-refractivity contribution in [3.63, 3.8) is 0 Å². The van der Waals surface area contributed by atoms with E-state index in [1.807, 2.05) is 0 Å². The van der Waals surface area contributed by atoms with Gasteiger partial charge < -0.3 is 10.6 Å². The molecule has 104 valence electrons. The molecule has 2 aliphatic rings. The van der Waals surface area contributed by atoms with Crippen molar-refractivity contribution in [1.82, 2.24) is 10.6 Å². The Balaban J connectivity index is 1.97. The Hall–Kier alpha value is -0.780. The van der Waals surface area contributed by atoms with E-state index in [0.29, 0.717) is 12.5 Å². The van der Waals surface area contributed by atoms with Crippen LogP contribution in [0.3, 0.4) is 0 Å². The molecule has 6 heteroatoms. The van der Waals surface area contributed by atoms with E-state index >= 15 is 0 Å². The van der Waals surface area contributed by atoms with Crippen molar-refractivity contribution in [2.75, 3.05) is 19.6 Å². The molecule has 2 atom stereocenters. The normalized spacial score (nSPS) is 34.4. The molecule has 18 heavy (non-hydrogen) atoms. The Bertz CT molecular complexity index is 346. The van der Waals surface area contributed by atoms with Crippen molar-refractivity contribution in [2.24, 2.45) is 16.7 Å². The number of amides is 1. The summed E-state index contributed by atoms with van der Waals surface area (Å²) in [6, 6.07) is 0. The third-order valence-electron chi connectivity index (χ3n) is 4.36. The molecule has 0 aromatic carbocycles. The molecule has 0 bridgehead atoms. The molecule has 1 aliphatic heterocycles. The van der Waals surface area contributed by atoms with Crippen LogP contribution in [0.25, 0.3) is 0 Å². The summed E-state index contributed by atoms with van der Waals surface area (Å²) in [6.07, 6.45) is -3.69. The molecule has 2 rings (SSSR count). The number of hydrogen-bond donors (Lipinski definition) is 2. The van der Waals surface area contributed by atoms with Crippen LogP contribution < -0.4 is 10.6 Å². The van der Waals surface area contributed by atoms with Crippen LogP contribution in [0.1, 0.15) is 26.7 Å². The van der Waals surface area contributed by atoms with E-state index in [1.54, 1.807) is 0 Å². The SMILES string of the molecule is CC1(C)CC1CNC(=O)C1(C(F)(F)F)CCNC1. The number of hydrogen-bond acceptors (Lipinski definition) is 2. The minimum atomic E-state index is -4.49. The van der Waals surface area contributed by atoms with Gasteiger partial charge >= 0.3 is 6.18 Å². The monoisotopic (exact) mass is 264 g/mol. The van der Waals surface area contributed by atoms with E-state index in [2.05, 4.69) is 24.5 Å². The van der Waals surface area contributed by atoms with Crippen molar-refractivity contribution >= 4 is 5.91 Å². The van der Waals surface area contributed by atoms with Gasteiger partial charge in [-0.3, -0.25) is 4.79 Å². The number of rotatable bonds is 3. The van der Waals surface area contributed by atoms with Gasteiger partial charge in [-0.05, 0) is 30.7 Å². The Kier molecular flexibility index (Phi) is 3.12. The molecule has 1 heterocycles. The number of carbonyl (C=O) groups excluding carboxylic acids is 1. The maximum Gasteiger partial charge on any atom is 0.404 e. The summed E-state index contributed by atoms with van der Waals surface area (Å²) < 4.78 is 39.2. The molecule has 2 N–H and O–H groups in total. The molecule has 0 aromatic rings. The van der Waals surface area contributed by atoms with Gasteiger partial charge in [-0.15, -0.1) is 0 Å². The molecule has 2 fully saturated rings. The first-order valence-electron chi connectivity index (χ1n) is 6.25. The van der Waals surface area contributed by atoms with Crippen molar-refractivity contribution in [3.05, 3.63) is 0 Å². The van der Waals surface area contributed by atoms with E-state index in [-0.39, 0.29) is 24.9 Å². The zero-order valence-corrected chi connectivity index (χ0v) is 10.7. The van der Waals surface area contributed by atoms with Crippen LogP contribution in [0.4, 0.5) is 13.2 Å². The molecule has 1 amide bonds. The first-order chi connectivity index (χ1) is 8.19. The predicted octanol–water partition coefficient (Wildman–Crippen LogP) is 1.69. The minimum Gasteiger partial charge on any atom is -0.355 e. The molecule has 1 aliphatic carbocycles. The summed E-state index contributed by atoms with van der Waals surface area (Å²) in [5, 5.41) is 5.13. The van der Waals surface area contributed by atoms with Crippen LogP contribution in [0, 0.1) is 16.7 Å². The molecule has 0 radical (unpaired) electrons. The third-order valence-corrected chi connectivity index (χ3v) is 4.36. The van der Waals surface area contributed by atoms with E-state index in [0.717, 1.165) is 6.42 Å². The second kappa shape index (κ2) is 4.11. The lowest BCUT2D eigenvalue weighted by Crippen LogP contribution is -2.52. The van der Waals surface area contributed by atoms with Crippen molar-refractivity contribution < 1.29 is 18.0 Å². The van der Waals surface area contributed by atoms with Crippen molar-refractivity contribution in [1.29, 1.82) is 0 Å². The zero-order chi connectivity index (χ0) is 13.6. The van der Waals surface area contributed by atoms with Crippen molar-refractivity contribution in [3.8, 4) is 0 Å². The lowest BCUT2D eigenvalue weighted by molar-refractivity contribution is -0.216. The zero-order valence-electron chi connectivity index (χ0n) is 10.7. The Morgan fingerprint density at radius 2 is 2.06 bits per heavy atom. The summed E-state index contributed by atoms with van der Waals surface area (Å²) >= 11 is 0. The summed E-state index contributed by atoms with van der Waals surface area (Å²) in [5.74, 6) is -0.566. The molecule has 1 saturated carbocycles. The largest absolute Gasteiger partial charge is 0.404 e. The summed E-state index contributed by atoms with van der Waals surface area (Å²) in [7, 11) is 0. The van der Waals surface area contributed by atoms with E-state index in [1.165, 1.54) is 0 Å². The molecular weight excluding hydrogens is 245 g/mol. The summed E-state index contributed by atoms with van der Waals surface area (Å²) in [4.78, 5) is 11.9. The van der Waals surface area contributed by atoms with Gasteiger partial charge in [-0.25, -0.2) is 0 Å². The maximum absolute atomic E-state index is 13.1. The quantitative estimate of drug-likeness (QED) is 0.814. The average Bonchev–Trinajstić information content (AvgIpc) is 2.67. The fourth-order valence-electron chi connectivity index (χ4n) is 2.57. The highest BCUT2D eigenvalue weighted by molar-refractivity contribution is 5.84. The minimum absolute atomic E-state index is 0.159. The molecule has 1 saturated heterocycles. The number of carbonyl (C=O) groups is 1. The predicted molar refractivity (Wildman–Crippen MR) is 60.9 cm³/mol. The van der Waals surface area contributed by atoms with Gasteiger partial charge in [0.1, 0.15) is 0 Å². The lowest BCUT2D eigenvalue weighted by Gasteiger charge is -2.29. The smallest absolute Gasteiger partial charge is 0.355 e. The fraction of sp³-hybridized carbons (Fsp3) is 0.917. The first-order valence-corrected chi connectivity index (χ1v) is 6.25. The molecule has 0 spiro atoms. The highest BCUT2D eigenvalue weighted by atomic mass is 19.4. The van der Waals surface area contributed by atoms with Crippen LogP contribution in [0.15, 0.2) is 0 Å². The van der Waals surface area contributed by atoms with E-state index in [9.17, 15) is 18.0 Å². The number of nitrogens with one attached hydrogen (secondary N) is 2. The van der Waals surface area contributed by atoms with E-state index in [4.69, 9.17) is 0 Å². The Labute approximate surface area is 104 Å². The van der Waals surface area contributed by atoms with Gasteiger partial charge in [-0.1, -0.05) is 13.8 Å². The highest BCUT2D eigenvalue weighted by Gasteiger charge is 2.61. The maximum atomic E-state index is 13.1. The number of halogens is 3. The van der Waals surface area contributed by atoms with Crippen LogP contribution >= 0.6 is 0 Å². The van der Waals surface area contributed by atoms with Gasteiger partial charge in [0.15, 0.2) is 5.41 Å². The van der Waals surface area contributed by atoms with Gasteiger partial charge in [0.05, 0.1) is 0 Å². The average molecular weight is 264 g/mol. The van der Waals surface area contributed by atoms with Gasteiger partial charge in [-0.2, -0.15) is 13.2 Å². The summed E-state index contributed by atoms with van der Waals surface area (Å²) in [5.41, 5.74) is -2.07. The van der Waals surface area contributed by atoms with Gasteiger partial charge in [0.25, 0.3) is 0 Å². The third kappa shape index (κ3) is 2.22. The second-order valence-corrected chi connectivity index (χ2v) is 6.11. The van der Waals surface area contributed by atoms with Crippen molar-refractivity contribution in [2.45, 2.75) is 32.9 Å². The fourth-order valence-corrected chi connectivity index (χ4v) is 2.57.